The van der Waals surface area contributed by atoms with E-state index in [1.54, 1.807) is 24.9 Å². The molecule has 1 rings (SSSR count). The molecule has 34 valence electrons. The first-order valence-electron chi connectivity index (χ1n) is 2.50. The summed E-state index contributed by atoms with van der Waals surface area (Å²) in [4.78, 5) is 0. The smallest absolute Gasteiger partial charge is 1.00 e. The minimum absolute atomic E-state index is 0. The van der Waals surface area contributed by atoms with Gasteiger partial charge in [-0.15, -0.1) is 0 Å². The Labute approximate surface area is 60.6 Å². The summed E-state index contributed by atoms with van der Waals surface area (Å²) < 4.78 is 0. The monoisotopic (exact) mass is 112 g/mol. The summed E-state index contributed by atoms with van der Waals surface area (Å²) >= 11 is 0. The number of hydrogen-bond acceptors (Lipinski definition) is 0. The van der Waals surface area contributed by atoms with Crippen molar-refractivity contribution in [1.29, 1.82) is 0 Å². The van der Waals surface area contributed by atoms with Crippen molar-refractivity contribution in [1.82, 2.24) is 0 Å². The van der Waals surface area contributed by atoms with Crippen LogP contribution in [-0.2, 0) is 0 Å². The van der Waals surface area contributed by atoms with Gasteiger partial charge in [0.25, 0.3) is 0 Å². The van der Waals surface area contributed by atoms with E-state index in [1.807, 2.05) is 0 Å². The topological polar surface area (TPSA) is 0 Å². The quantitative estimate of drug-likeness (QED) is 0.403. The molecule has 0 N–H and O–H groups in total. The Hall–Kier alpha value is 0.983. The van der Waals surface area contributed by atoms with Gasteiger partial charge in [0.1, 0.15) is 0 Å². The molecule has 0 amide bonds. The Morgan fingerprint density at radius 3 is 1.83 bits per heavy atom. The molecule has 1 saturated heterocycles. The molecule has 1 fully saturated rings. The first-order valence-corrected chi connectivity index (χ1v) is 4.50. The van der Waals surface area contributed by atoms with E-state index in [4.69, 9.17) is 0 Å². The Bertz CT molecular complexity index is 25.6. The van der Waals surface area contributed by atoms with Gasteiger partial charge in [-0.2, -0.15) is 0 Å². The Balaban J connectivity index is -0.0000000833. The summed E-state index contributed by atoms with van der Waals surface area (Å²) in [6, 6.07) is 3.28. The molecule has 1 aliphatic rings. The van der Waals surface area contributed by atoms with Crippen LogP contribution in [0.4, 0.5) is 0 Å². The molecule has 0 atom stereocenters. The van der Waals surface area contributed by atoms with Crippen molar-refractivity contribution in [2.75, 3.05) is 0 Å². The van der Waals surface area contributed by atoms with E-state index >= 15 is 0 Å². The first kappa shape index (κ1) is 6.98. The fourth-order valence-electron chi connectivity index (χ4n) is 0.884. The molecule has 0 nitrogen and oxygen atoms in total. The summed E-state index contributed by atoms with van der Waals surface area (Å²) in [5.41, 5.74) is 0. The van der Waals surface area contributed by atoms with Crippen LogP contribution in [0.1, 0.15) is 15.7 Å². The third-order valence-corrected chi connectivity index (χ3v) is 3.25. The van der Waals surface area contributed by atoms with Gasteiger partial charge in [0.2, 0.25) is 0 Å². The van der Waals surface area contributed by atoms with Crippen molar-refractivity contribution < 1.29 is 2.85 Å². The number of hydrogen-bond donors (Lipinski definition) is 0. The van der Waals surface area contributed by atoms with Crippen molar-refractivity contribution >= 4 is 32.6 Å². The van der Waals surface area contributed by atoms with E-state index in [0.29, 0.717) is 9.52 Å². The van der Waals surface area contributed by atoms with E-state index in [-0.39, 0.29) is 25.9 Å². The largest absolute Gasteiger partial charge is 2.00 e. The van der Waals surface area contributed by atoms with Crippen LogP contribution in [0, 0.1) is 0 Å². The summed E-state index contributed by atoms with van der Waals surface area (Å²) in [6.45, 7) is 0. The predicted octanol–water partition coefficient (Wildman–Crippen LogP) is 0.630. The van der Waals surface area contributed by atoms with Crippen LogP contribution in [0.5, 0.6) is 0 Å². The molecular formula is C4H12MgSi. The van der Waals surface area contributed by atoms with Crippen LogP contribution < -0.4 is 0 Å². The van der Waals surface area contributed by atoms with Gasteiger partial charge in [-0.3, -0.25) is 0 Å². The van der Waals surface area contributed by atoms with E-state index in [2.05, 4.69) is 0 Å². The standard InChI is InChI=1S/C4H10Si.Mg.2H/c1-2-4-5-3-1;;;/h1-5H2;;;/q;+2;2*-1. The van der Waals surface area contributed by atoms with Crippen molar-refractivity contribution in [3.05, 3.63) is 0 Å². The van der Waals surface area contributed by atoms with E-state index in [1.165, 1.54) is 0 Å². The van der Waals surface area contributed by atoms with Gasteiger partial charge < -0.3 is 2.85 Å². The van der Waals surface area contributed by atoms with Crippen LogP contribution in [0.3, 0.4) is 0 Å². The van der Waals surface area contributed by atoms with Gasteiger partial charge in [0.05, 0.1) is 0 Å². The Morgan fingerprint density at radius 1 is 1.17 bits per heavy atom. The third-order valence-electron chi connectivity index (χ3n) is 1.25. The van der Waals surface area contributed by atoms with Crippen LogP contribution in [0.2, 0.25) is 12.1 Å². The van der Waals surface area contributed by atoms with Crippen LogP contribution in [-0.4, -0.2) is 32.6 Å². The van der Waals surface area contributed by atoms with Gasteiger partial charge in [0, 0.05) is 9.52 Å². The molecule has 6 heavy (non-hydrogen) atoms. The average molecular weight is 113 g/mol. The molecule has 0 spiro atoms. The first-order chi connectivity index (χ1) is 2.50. The van der Waals surface area contributed by atoms with Crippen molar-refractivity contribution in [3.8, 4) is 0 Å². The number of rotatable bonds is 0. The minimum atomic E-state index is 0. The normalized spacial score (nSPS) is 20.0. The van der Waals surface area contributed by atoms with Gasteiger partial charge in [0.15, 0.2) is 0 Å². The third kappa shape index (κ3) is 2.21. The molecule has 0 saturated carbocycles. The van der Waals surface area contributed by atoms with Gasteiger partial charge in [-0.05, 0) is 0 Å². The summed E-state index contributed by atoms with van der Waals surface area (Å²) in [6.07, 6.45) is 3.12. The van der Waals surface area contributed by atoms with E-state index in [0.717, 1.165) is 0 Å². The van der Waals surface area contributed by atoms with Crippen LogP contribution in [0.15, 0.2) is 0 Å². The van der Waals surface area contributed by atoms with Gasteiger partial charge >= 0.3 is 23.1 Å². The Kier molecular flexibility index (Phi) is 4.83. The van der Waals surface area contributed by atoms with E-state index < -0.39 is 0 Å². The molecule has 0 unspecified atom stereocenters. The molecule has 2 heteroatoms. The maximum atomic E-state index is 1.64. The average Bonchev–Trinajstić information content (AvgIpc) is 1.76. The molecule has 0 aliphatic carbocycles. The fourth-order valence-corrected chi connectivity index (χ4v) is 2.65. The summed E-state index contributed by atoms with van der Waals surface area (Å²) in [7, 11) is 0.543. The molecule has 0 aromatic carbocycles. The molecule has 0 aromatic heterocycles. The minimum Gasteiger partial charge on any atom is -1.00 e. The van der Waals surface area contributed by atoms with E-state index in [9.17, 15) is 0 Å². The maximum absolute atomic E-state index is 1.64. The van der Waals surface area contributed by atoms with Gasteiger partial charge in [-0.1, -0.05) is 24.9 Å². The zero-order chi connectivity index (χ0) is 3.54. The second kappa shape index (κ2) is 4.15. The fraction of sp³-hybridized carbons (Fsp3) is 1.00. The maximum Gasteiger partial charge on any atom is 2.00 e. The predicted molar refractivity (Wildman–Crippen MR) is 35.4 cm³/mol. The van der Waals surface area contributed by atoms with Crippen LogP contribution in [0.25, 0.3) is 0 Å². The van der Waals surface area contributed by atoms with Gasteiger partial charge in [-0.25, -0.2) is 0 Å². The van der Waals surface area contributed by atoms with Crippen LogP contribution >= 0.6 is 0 Å². The molecule has 1 aliphatic heterocycles. The Morgan fingerprint density at radius 2 is 1.67 bits per heavy atom. The molecule has 0 radical (unpaired) electrons. The van der Waals surface area contributed by atoms with Crippen molar-refractivity contribution in [2.24, 2.45) is 0 Å². The molecule has 1 heterocycles. The zero-order valence-electron chi connectivity index (χ0n) is 6.24. The SMILES string of the molecule is C1CC[SiH2]C1.[H-].[H-].[Mg+2]. The molecular weight excluding hydrogens is 100 g/mol. The summed E-state index contributed by atoms with van der Waals surface area (Å²) in [5.74, 6) is 0. The zero-order valence-corrected chi connectivity index (χ0v) is 7.07. The molecule has 0 aromatic rings. The van der Waals surface area contributed by atoms with Crippen molar-refractivity contribution in [2.45, 2.75) is 24.9 Å². The van der Waals surface area contributed by atoms with Crippen molar-refractivity contribution in [3.63, 3.8) is 0 Å². The summed E-state index contributed by atoms with van der Waals surface area (Å²) in [5, 5.41) is 0. The molecule has 0 bridgehead atoms. The second-order valence-corrected chi connectivity index (χ2v) is 3.89. The second-order valence-electron chi connectivity index (χ2n) is 1.77.